The number of nitrogens with zero attached hydrogens (tertiary/aromatic N) is 3. The second kappa shape index (κ2) is 11.4. The highest BCUT2D eigenvalue weighted by molar-refractivity contribution is 7.84. The molecule has 0 spiro atoms. The molecular weight excluding hydrogens is 542 g/mol. The minimum absolute atomic E-state index is 0.0404. The number of nitrogens with one attached hydrogen (secondary N) is 2. The number of halogens is 1. The highest BCUT2D eigenvalue weighted by atomic mass is 35.5. The molecule has 2 aromatic rings. The Labute approximate surface area is 213 Å². The van der Waals surface area contributed by atoms with E-state index >= 15 is 0 Å². The van der Waals surface area contributed by atoms with Gasteiger partial charge in [0, 0.05) is 5.38 Å². The first-order valence-electron chi connectivity index (χ1n) is 9.81. The third kappa shape index (κ3) is 6.14. The lowest BCUT2D eigenvalue weighted by atomic mass is 9.98. The monoisotopic (exact) mass is 559 g/mol. The number of hydrogen-bond donors (Lipinski definition) is 3. The highest BCUT2D eigenvalue weighted by Crippen LogP contribution is 2.25. The van der Waals surface area contributed by atoms with E-state index in [-0.39, 0.29) is 27.6 Å². The Kier molecular flexibility index (Phi) is 8.57. The van der Waals surface area contributed by atoms with E-state index in [4.69, 9.17) is 16.4 Å². The van der Waals surface area contributed by atoms with Gasteiger partial charge >= 0.3 is 16.3 Å². The molecule has 17 heteroatoms. The predicted octanol–water partition coefficient (Wildman–Crippen LogP) is -0.0873. The first-order chi connectivity index (χ1) is 17.1. The largest absolute Gasteiger partial charge is 0.467 e. The van der Waals surface area contributed by atoms with E-state index in [1.807, 2.05) is 0 Å². The summed E-state index contributed by atoms with van der Waals surface area (Å²) in [5.74, 6) is -4.42. The quantitative estimate of drug-likeness (QED) is 0.0884. The number of alkyl halides is 1. The molecule has 1 aliphatic heterocycles. The van der Waals surface area contributed by atoms with Crippen molar-refractivity contribution in [3.63, 3.8) is 0 Å². The standard InChI is InChI=1S/C19H18ClN5O9S2/c1-33-18(29)15-14(17(28)25(15)36(30,31)32)23-16(27)13(24-34-8-10-5-3-2-4-6-10)11-9-35-19(21-11)22-12(26)7-20/h2-6,9,14-15H,7-8H2,1H3,(H,23,27)(H,21,22,26)(H,30,31,32). The first kappa shape index (κ1) is 27.0. The molecule has 1 fully saturated rings. The van der Waals surface area contributed by atoms with Gasteiger partial charge in [-0.15, -0.1) is 22.9 Å². The second-order valence-electron chi connectivity index (χ2n) is 6.95. The normalized spacial score (nSPS) is 17.7. The molecule has 2 heterocycles. The summed E-state index contributed by atoms with van der Waals surface area (Å²) in [6.45, 7) is -0.0404. The van der Waals surface area contributed by atoms with Gasteiger partial charge in [0.05, 0.1) is 7.11 Å². The molecular formula is C19H18ClN5O9S2. The van der Waals surface area contributed by atoms with Crippen molar-refractivity contribution in [1.82, 2.24) is 14.6 Å². The molecule has 1 aromatic carbocycles. The molecule has 2 atom stereocenters. The number of oxime groups is 1. The molecule has 0 bridgehead atoms. The predicted molar refractivity (Wildman–Crippen MR) is 125 cm³/mol. The van der Waals surface area contributed by atoms with Crippen LogP contribution >= 0.6 is 22.9 Å². The smallest absolute Gasteiger partial charge is 0.363 e. The molecule has 3 rings (SSSR count). The number of hydrogen-bond acceptors (Lipinski definition) is 11. The Balaban J connectivity index is 1.86. The summed E-state index contributed by atoms with van der Waals surface area (Å²) < 4.78 is 36.6. The summed E-state index contributed by atoms with van der Waals surface area (Å²) in [5, 5.41) is 9.83. The van der Waals surface area contributed by atoms with Crippen molar-refractivity contribution in [2.24, 2.45) is 5.16 Å². The van der Waals surface area contributed by atoms with E-state index in [9.17, 15) is 32.1 Å². The number of esters is 1. The maximum atomic E-state index is 13.0. The van der Waals surface area contributed by atoms with Gasteiger partial charge in [-0.25, -0.2) is 9.78 Å². The van der Waals surface area contributed by atoms with Gasteiger partial charge in [0.2, 0.25) is 5.91 Å². The van der Waals surface area contributed by atoms with E-state index in [1.165, 1.54) is 5.38 Å². The summed E-state index contributed by atoms with van der Waals surface area (Å²) in [4.78, 5) is 58.2. The fourth-order valence-corrected chi connectivity index (χ4v) is 4.58. The number of ether oxygens (including phenoxy) is 1. The lowest BCUT2D eigenvalue weighted by molar-refractivity contribution is -0.162. The van der Waals surface area contributed by atoms with E-state index in [0.29, 0.717) is 0 Å². The van der Waals surface area contributed by atoms with Gasteiger partial charge in [-0.1, -0.05) is 35.5 Å². The fourth-order valence-electron chi connectivity index (χ4n) is 2.97. The van der Waals surface area contributed by atoms with Crippen LogP contribution < -0.4 is 10.6 Å². The van der Waals surface area contributed by atoms with Gasteiger partial charge in [0.25, 0.3) is 11.8 Å². The minimum Gasteiger partial charge on any atom is -0.467 e. The van der Waals surface area contributed by atoms with Crippen molar-refractivity contribution in [3.05, 3.63) is 47.0 Å². The summed E-state index contributed by atoms with van der Waals surface area (Å²) in [6, 6.07) is 5.27. The van der Waals surface area contributed by atoms with Crippen molar-refractivity contribution in [1.29, 1.82) is 0 Å². The molecule has 14 nitrogen and oxygen atoms in total. The van der Waals surface area contributed by atoms with Crippen LogP contribution in [0.15, 0.2) is 40.9 Å². The SMILES string of the molecule is COC(=O)C1C(NC(=O)C(=NOCc2ccccc2)c2csc(NC(=O)CCl)n2)C(=O)N1S(=O)(=O)O. The van der Waals surface area contributed by atoms with Crippen molar-refractivity contribution >= 4 is 67.8 Å². The Hall–Kier alpha value is -3.60. The zero-order valence-corrected chi connectivity index (χ0v) is 20.7. The zero-order chi connectivity index (χ0) is 26.5. The van der Waals surface area contributed by atoms with Crippen LogP contribution in [0.4, 0.5) is 5.13 Å². The maximum absolute atomic E-state index is 13.0. The van der Waals surface area contributed by atoms with E-state index in [2.05, 4.69) is 25.5 Å². The van der Waals surface area contributed by atoms with Gasteiger partial charge in [-0.05, 0) is 5.56 Å². The van der Waals surface area contributed by atoms with Gasteiger partial charge in [0.15, 0.2) is 16.9 Å². The molecule has 0 aliphatic carbocycles. The number of carbonyl (C=O) groups excluding carboxylic acids is 4. The molecule has 192 valence electrons. The van der Waals surface area contributed by atoms with Crippen LogP contribution in [0.1, 0.15) is 11.3 Å². The van der Waals surface area contributed by atoms with Crippen LogP contribution in [0.2, 0.25) is 0 Å². The summed E-state index contributed by atoms with van der Waals surface area (Å²) >= 11 is 6.40. The molecule has 1 aliphatic rings. The number of aromatic nitrogens is 1. The van der Waals surface area contributed by atoms with Crippen molar-refractivity contribution in [2.45, 2.75) is 18.7 Å². The molecule has 2 unspecified atom stereocenters. The van der Waals surface area contributed by atoms with Crippen molar-refractivity contribution in [3.8, 4) is 0 Å². The molecule has 0 saturated carbocycles. The number of carbonyl (C=O) groups is 4. The Bertz CT molecular complexity index is 1300. The number of methoxy groups -OCH3 is 1. The van der Waals surface area contributed by atoms with Crippen molar-refractivity contribution in [2.75, 3.05) is 18.3 Å². The lowest BCUT2D eigenvalue weighted by Gasteiger charge is -2.41. The number of β-lactam (4-membered cyclic amide) rings is 1. The van der Waals surface area contributed by atoms with Crippen LogP contribution in [0.5, 0.6) is 0 Å². The minimum atomic E-state index is -5.10. The van der Waals surface area contributed by atoms with E-state index in [1.54, 1.807) is 30.3 Å². The Morgan fingerprint density at radius 2 is 1.97 bits per heavy atom. The van der Waals surface area contributed by atoms with Crippen LogP contribution in [-0.2, 0) is 45.7 Å². The van der Waals surface area contributed by atoms with Crippen molar-refractivity contribution < 1.29 is 41.7 Å². The zero-order valence-electron chi connectivity index (χ0n) is 18.3. The Morgan fingerprint density at radius 1 is 1.28 bits per heavy atom. The molecule has 3 amide bonds. The van der Waals surface area contributed by atoms with Gasteiger partial charge in [0.1, 0.15) is 24.2 Å². The number of rotatable bonds is 10. The van der Waals surface area contributed by atoms with E-state index in [0.717, 1.165) is 24.0 Å². The topological polar surface area (TPSA) is 194 Å². The van der Waals surface area contributed by atoms with Crippen LogP contribution in [-0.4, -0.2) is 76.7 Å². The molecule has 1 aromatic heterocycles. The van der Waals surface area contributed by atoms with Crippen LogP contribution in [0, 0.1) is 0 Å². The maximum Gasteiger partial charge on any atom is 0.363 e. The highest BCUT2D eigenvalue weighted by Gasteiger charge is 2.58. The summed E-state index contributed by atoms with van der Waals surface area (Å²) in [6.07, 6.45) is 0. The number of thiazole rings is 1. The number of benzene rings is 1. The Morgan fingerprint density at radius 3 is 2.58 bits per heavy atom. The molecule has 3 N–H and O–H groups in total. The number of amides is 3. The van der Waals surface area contributed by atoms with Gasteiger partial charge < -0.3 is 20.2 Å². The first-order valence-corrected chi connectivity index (χ1v) is 12.6. The molecule has 1 saturated heterocycles. The fraction of sp³-hybridized carbons (Fsp3) is 0.263. The summed E-state index contributed by atoms with van der Waals surface area (Å²) in [7, 11) is -4.17. The third-order valence-electron chi connectivity index (χ3n) is 4.59. The lowest BCUT2D eigenvalue weighted by Crippen LogP contribution is -2.74. The van der Waals surface area contributed by atoms with Gasteiger partial charge in [-0.2, -0.15) is 12.7 Å². The molecule has 0 radical (unpaired) electrons. The van der Waals surface area contributed by atoms with E-state index < -0.39 is 51.8 Å². The number of anilines is 1. The van der Waals surface area contributed by atoms with Gasteiger partial charge in [-0.3, -0.25) is 18.9 Å². The third-order valence-corrected chi connectivity index (χ3v) is 6.49. The molecule has 36 heavy (non-hydrogen) atoms. The van der Waals surface area contributed by atoms with Crippen LogP contribution in [0.3, 0.4) is 0 Å². The second-order valence-corrected chi connectivity index (χ2v) is 9.36. The average molecular weight is 560 g/mol. The van der Waals surface area contributed by atoms with Crippen LogP contribution in [0.25, 0.3) is 0 Å². The summed E-state index contributed by atoms with van der Waals surface area (Å²) in [5.41, 5.74) is 0.205. The average Bonchev–Trinajstić information content (AvgIpc) is 3.30.